The van der Waals surface area contributed by atoms with Gasteiger partial charge in [0.2, 0.25) is 0 Å². The first-order valence-corrected chi connectivity index (χ1v) is 6.38. The predicted molar refractivity (Wildman–Crippen MR) is 65.6 cm³/mol. The number of ketones is 1. The molecule has 0 spiro atoms. The van der Waals surface area contributed by atoms with Crippen molar-refractivity contribution in [1.82, 2.24) is 0 Å². The normalized spacial score (nSPS) is 17.5. The lowest BCUT2D eigenvalue weighted by atomic mass is 10.1. The summed E-state index contributed by atoms with van der Waals surface area (Å²) in [6, 6.07) is 7.67. The van der Waals surface area contributed by atoms with E-state index in [2.05, 4.69) is 15.9 Å². The number of hydrogen-bond acceptors (Lipinski definition) is 1. The summed E-state index contributed by atoms with van der Waals surface area (Å²) in [6.07, 6.45) is 2.86. The average Bonchev–Trinajstić information content (AvgIpc) is 2.99. The molecule has 80 valence electrons. The lowest BCUT2D eigenvalue weighted by Crippen LogP contribution is -2.18. The third-order valence-electron chi connectivity index (χ3n) is 2.59. The van der Waals surface area contributed by atoms with Crippen LogP contribution in [0.1, 0.15) is 18.4 Å². The maximum atomic E-state index is 11.7. The molecule has 1 aliphatic rings. The van der Waals surface area contributed by atoms with Gasteiger partial charge in [-0.3, -0.25) is 4.79 Å². The van der Waals surface area contributed by atoms with Crippen LogP contribution in [0.25, 0.3) is 0 Å². The van der Waals surface area contributed by atoms with Crippen LogP contribution in [0.3, 0.4) is 0 Å². The van der Waals surface area contributed by atoms with Crippen LogP contribution in [0.2, 0.25) is 5.02 Å². The lowest BCUT2D eigenvalue weighted by molar-refractivity contribution is -0.119. The summed E-state index contributed by atoms with van der Waals surface area (Å²) in [5.41, 5.74) is 1.11. The minimum atomic E-state index is -0.0523. The Morgan fingerprint density at radius 1 is 1.53 bits per heavy atom. The van der Waals surface area contributed by atoms with Crippen molar-refractivity contribution >= 4 is 33.3 Å². The molecule has 0 N–H and O–H groups in total. The Balaban J connectivity index is 1.98. The van der Waals surface area contributed by atoms with Gasteiger partial charge in [-0.25, -0.2) is 0 Å². The highest BCUT2D eigenvalue weighted by atomic mass is 79.9. The van der Waals surface area contributed by atoms with E-state index in [1.165, 1.54) is 0 Å². The lowest BCUT2D eigenvalue weighted by Gasteiger charge is -2.08. The molecule has 0 saturated heterocycles. The van der Waals surface area contributed by atoms with Crippen LogP contribution in [0.4, 0.5) is 0 Å². The van der Waals surface area contributed by atoms with Crippen LogP contribution in [-0.4, -0.2) is 10.6 Å². The molecule has 0 aromatic heterocycles. The zero-order valence-corrected chi connectivity index (χ0v) is 10.6. The van der Waals surface area contributed by atoms with E-state index in [9.17, 15) is 4.79 Å². The summed E-state index contributed by atoms with van der Waals surface area (Å²) >= 11 is 9.34. The predicted octanol–water partition coefficient (Wildman–Crippen LogP) is 3.63. The van der Waals surface area contributed by atoms with Gasteiger partial charge < -0.3 is 0 Å². The number of alkyl halides is 1. The third-order valence-corrected chi connectivity index (χ3v) is 3.60. The van der Waals surface area contributed by atoms with Crippen LogP contribution in [0, 0.1) is 5.92 Å². The van der Waals surface area contributed by atoms with Crippen molar-refractivity contribution in [2.24, 2.45) is 5.92 Å². The van der Waals surface area contributed by atoms with Crippen molar-refractivity contribution in [3.63, 3.8) is 0 Å². The van der Waals surface area contributed by atoms with Crippen molar-refractivity contribution in [2.45, 2.75) is 24.1 Å². The summed E-state index contributed by atoms with van der Waals surface area (Å²) < 4.78 is 0. The molecular formula is C12H12BrClO. The molecule has 0 radical (unpaired) electrons. The number of benzene rings is 1. The van der Waals surface area contributed by atoms with E-state index < -0.39 is 0 Å². The van der Waals surface area contributed by atoms with Crippen molar-refractivity contribution in [3.8, 4) is 0 Å². The van der Waals surface area contributed by atoms with Gasteiger partial charge in [-0.05, 0) is 37.0 Å². The zero-order valence-electron chi connectivity index (χ0n) is 8.25. The van der Waals surface area contributed by atoms with Gasteiger partial charge in [-0.2, -0.15) is 0 Å². The fraction of sp³-hybridized carbons (Fsp3) is 0.417. The summed E-state index contributed by atoms with van der Waals surface area (Å²) in [7, 11) is 0. The maximum Gasteiger partial charge on any atom is 0.149 e. The average molecular weight is 288 g/mol. The molecule has 15 heavy (non-hydrogen) atoms. The smallest absolute Gasteiger partial charge is 0.149 e. The van der Waals surface area contributed by atoms with Crippen LogP contribution in [0.15, 0.2) is 24.3 Å². The van der Waals surface area contributed by atoms with E-state index >= 15 is 0 Å². The third kappa shape index (κ3) is 3.05. The molecule has 0 amide bonds. The molecular weight excluding hydrogens is 275 g/mol. The Morgan fingerprint density at radius 3 is 2.87 bits per heavy atom. The van der Waals surface area contributed by atoms with Crippen LogP contribution < -0.4 is 0 Å². The van der Waals surface area contributed by atoms with Crippen molar-refractivity contribution < 1.29 is 4.79 Å². The van der Waals surface area contributed by atoms with Gasteiger partial charge in [-0.1, -0.05) is 39.7 Å². The van der Waals surface area contributed by atoms with E-state index in [1.54, 1.807) is 0 Å². The minimum absolute atomic E-state index is 0.0523. The highest BCUT2D eigenvalue weighted by Crippen LogP contribution is 2.33. The van der Waals surface area contributed by atoms with Crippen molar-refractivity contribution in [3.05, 3.63) is 34.9 Å². The molecule has 1 aliphatic carbocycles. The Morgan fingerprint density at radius 2 is 2.27 bits per heavy atom. The molecule has 2 rings (SSSR count). The molecule has 1 aromatic rings. The Bertz CT molecular complexity index is 374. The van der Waals surface area contributed by atoms with Crippen LogP contribution in [-0.2, 0) is 11.2 Å². The largest absolute Gasteiger partial charge is 0.298 e. The molecule has 0 heterocycles. The van der Waals surface area contributed by atoms with E-state index in [-0.39, 0.29) is 4.83 Å². The fourth-order valence-electron chi connectivity index (χ4n) is 1.60. The van der Waals surface area contributed by atoms with Gasteiger partial charge in [0.25, 0.3) is 0 Å². The molecule has 3 heteroatoms. The molecule has 1 fully saturated rings. The topological polar surface area (TPSA) is 17.1 Å². The monoisotopic (exact) mass is 286 g/mol. The van der Waals surface area contributed by atoms with E-state index in [1.807, 2.05) is 24.3 Å². The number of rotatable bonds is 4. The van der Waals surface area contributed by atoms with E-state index in [0.717, 1.165) is 29.8 Å². The fourth-order valence-corrected chi connectivity index (χ4v) is 2.56. The van der Waals surface area contributed by atoms with Gasteiger partial charge in [-0.15, -0.1) is 0 Å². The molecule has 0 bridgehead atoms. The summed E-state index contributed by atoms with van der Waals surface area (Å²) in [5, 5.41) is 0.728. The Labute approximate surface area is 103 Å². The van der Waals surface area contributed by atoms with Gasteiger partial charge in [0.05, 0.1) is 4.83 Å². The minimum Gasteiger partial charge on any atom is -0.298 e. The summed E-state index contributed by atoms with van der Waals surface area (Å²) in [5.74, 6) is 0.656. The van der Waals surface area contributed by atoms with Gasteiger partial charge in [0.1, 0.15) is 5.78 Å². The van der Waals surface area contributed by atoms with E-state index in [4.69, 9.17) is 11.6 Å². The number of hydrogen-bond donors (Lipinski definition) is 0. The van der Waals surface area contributed by atoms with Crippen molar-refractivity contribution in [1.29, 1.82) is 0 Å². The highest BCUT2D eigenvalue weighted by Gasteiger charge is 2.33. The number of carbonyl (C=O) groups excluding carboxylic acids is 1. The van der Waals surface area contributed by atoms with E-state index in [0.29, 0.717) is 11.7 Å². The van der Waals surface area contributed by atoms with Crippen molar-refractivity contribution in [2.75, 3.05) is 0 Å². The van der Waals surface area contributed by atoms with Crippen LogP contribution in [0.5, 0.6) is 0 Å². The quantitative estimate of drug-likeness (QED) is 0.773. The van der Waals surface area contributed by atoms with Crippen LogP contribution >= 0.6 is 27.5 Å². The SMILES string of the molecule is O=C(C(Br)Cc1cccc(Cl)c1)C1CC1. The summed E-state index contributed by atoms with van der Waals surface area (Å²) in [6.45, 7) is 0. The first-order valence-electron chi connectivity index (χ1n) is 5.09. The first-order chi connectivity index (χ1) is 7.16. The van der Waals surface area contributed by atoms with Gasteiger partial charge in [0, 0.05) is 10.9 Å². The molecule has 1 unspecified atom stereocenters. The number of halogens is 2. The number of carbonyl (C=O) groups is 1. The second-order valence-corrected chi connectivity index (χ2v) is 5.52. The standard InChI is InChI=1S/C12H12BrClO/c13-11(12(15)9-4-5-9)7-8-2-1-3-10(14)6-8/h1-3,6,9,11H,4-5,7H2. The van der Waals surface area contributed by atoms with Gasteiger partial charge in [0.15, 0.2) is 0 Å². The molecule has 1 aromatic carbocycles. The second-order valence-electron chi connectivity index (χ2n) is 3.98. The first kappa shape index (κ1) is 11.2. The number of Topliss-reactive ketones (excluding diaryl/α,β-unsaturated/α-hetero) is 1. The summed E-state index contributed by atoms with van der Waals surface area (Å²) in [4.78, 5) is 11.7. The highest BCUT2D eigenvalue weighted by molar-refractivity contribution is 9.10. The molecule has 1 nitrogen and oxygen atoms in total. The second kappa shape index (κ2) is 4.67. The molecule has 1 saturated carbocycles. The van der Waals surface area contributed by atoms with Gasteiger partial charge >= 0.3 is 0 Å². The maximum absolute atomic E-state index is 11.7. The Hall–Kier alpha value is -0.340. The molecule has 1 atom stereocenters. The zero-order chi connectivity index (χ0) is 10.8. The Kier molecular flexibility index (Phi) is 3.47. The molecule has 0 aliphatic heterocycles.